The first kappa shape index (κ1) is 23.1. The summed E-state index contributed by atoms with van der Waals surface area (Å²) in [5.74, 6) is -0.617. The monoisotopic (exact) mass is 477 g/mol. The average molecular weight is 478 g/mol. The summed E-state index contributed by atoms with van der Waals surface area (Å²) in [5.41, 5.74) is 1.37. The van der Waals surface area contributed by atoms with Crippen LogP contribution < -0.4 is 15.5 Å². The third kappa shape index (κ3) is 4.65. The Hall–Kier alpha value is -4.10. The molecule has 7 nitrogen and oxygen atoms in total. The van der Waals surface area contributed by atoms with Crippen molar-refractivity contribution in [2.24, 2.45) is 0 Å². The highest BCUT2D eigenvalue weighted by Crippen LogP contribution is 2.29. The number of methoxy groups -OCH3 is 1. The van der Waals surface area contributed by atoms with Crippen molar-refractivity contribution in [3.8, 4) is 17.1 Å². The molecule has 34 heavy (non-hydrogen) atoms. The number of benzene rings is 3. The van der Waals surface area contributed by atoms with Gasteiger partial charge in [-0.15, -0.1) is 0 Å². The lowest BCUT2D eigenvalue weighted by atomic mass is 10.0. The Labute approximate surface area is 199 Å². The largest absolute Gasteiger partial charge is 0.495 e. The summed E-state index contributed by atoms with van der Waals surface area (Å²) in [7, 11) is 1.46. The quantitative estimate of drug-likeness (QED) is 0.382. The van der Waals surface area contributed by atoms with Crippen LogP contribution in [-0.2, 0) is 9.53 Å². The number of hydrogen-bond acceptors (Lipinski definition) is 6. The van der Waals surface area contributed by atoms with Gasteiger partial charge in [0.1, 0.15) is 17.1 Å². The number of para-hydroxylation sites is 1. The van der Waals surface area contributed by atoms with Gasteiger partial charge in [-0.2, -0.15) is 0 Å². The van der Waals surface area contributed by atoms with E-state index in [2.05, 4.69) is 5.32 Å². The van der Waals surface area contributed by atoms with Crippen molar-refractivity contribution in [2.45, 2.75) is 6.92 Å². The van der Waals surface area contributed by atoms with Crippen LogP contribution in [0.2, 0.25) is 5.02 Å². The molecular weight excluding hydrogens is 458 g/mol. The molecule has 3 aromatic carbocycles. The number of amides is 1. The van der Waals surface area contributed by atoms with E-state index in [-0.39, 0.29) is 22.0 Å². The van der Waals surface area contributed by atoms with Crippen LogP contribution in [0.4, 0.5) is 5.69 Å². The number of halogens is 1. The lowest BCUT2D eigenvalue weighted by Crippen LogP contribution is -2.21. The first-order valence-corrected chi connectivity index (χ1v) is 10.7. The second-order valence-electron chi connectivity index (χ2n) is 7.40. The maximum absolute atomic E-state index is 13.0. The summed E-state index contributed by atoms with van der Waals surface area (Å²) in [6, 6.07) is 18.5. The minimum Gasteiger partial charge on any atom is -0.495 e. The zero-order valence-corrected chi connectivity index (χ0v) is 19.1. The number of fused-ring (bicyclic) bond motifs is 1. The summed E-state index contributed by atoms with van der Waals surface area (Å²) in [5, 5.41) is 3.25. The van der Waals surface area contributed by atoms with Crippen molar-refractivity contribution < 1.29 is 23.5 Å². The maximum Gasteiger partial charge on any atom is 0.342 e. The molecule has 0 radical (unpaired) electrons. The second-order valence-corrected chi connectivity index (χ2v) is 7.84. The van der Waals surface area contributed by atoms with E-state index in [0.717, 1.165) is 0 Å². The summed E-state index contributed by atoms with van der Waals surface area (Å²) < 4.78 is 16.4. The molecule has 0 aliphatic carbocycles. The van der Waals surface area contributed by atoms with Crippen LogP contribution >= 0.6 is 11.6 Å². The van der Waals surface area contributed by atoms with E-state index in [1.165, 1.54) is 19.2 Å². The molecule has 1 aromatic heterocycles. The number of esters is 1. The van der Waals surface area contributed by atoms with Crippen LogP contribution in [0.25, 0.3) is 22.3 Å². The smallest absolute Gasteiger partial charge is 0.342 e. The zero-order valence-electron chi connectivity index (χ0n) is 18.4. The Balaban J connectivity index is 1.59. The third-order valence-corrected chi connectivity index (χ3v) is 5.41. The molecule has 4 rings (SSSR count). The minimum absolute atomic E-state index is 0.0416. The van der Waals surface area contributed by atoms with Crippen molar-refractivity contribution >= 4 is 40.1 Å². The highest BCUT2D eigenvalue weighted by Gasteiger charge is 2.20. The van der Waals surface area contributed by atoms with Crippen LogP contribution in [0.3, 0.4) is 0 Å². The van der Waals surface area contributed by atoms with Crippen LogP contribution in [0, 0.1) is 6.92 Å². The molecule has 0 unspecified atom stereocenters. The molecule has 0 atom stereocenters. The topological polar surface area (TPSA) is 94.8 Å². The average Bonchev–Trinajstić information content (AvgIpc) is 2.85. The number of carbonyl (C=O) groups excluding carboxylic acids is 2. The summed E-state index contributed by atoms with van der Waals surface area (Å²) in [6.07, 6.45) is 0. The van der Waals surface area contributed by atoms with Crippen molar-refractivity contribution in [3.63, 3.8) is 0 Å². The van der Waals surface area contributed by atoms with Gasteiger partial charge in [-0.05, 0) is 37.3 Å². The number of anilines is 1. The molecule has 0 saturated carbocycles. The third-order valence-electron chi connectivity index (χ3n) is 5.17. The van der Waals surface area contributed by atoms with Gasteiger partial charge in [0.2, 0.25) is 0 Å². The predicted octanol–water partition coefficient (Wildman–Crippen LogP) is 5.23. The van der Waals surface area contributed by atoms with Crippen LogP contribution in [0.15, 0.2) is 75.9 Å². The molecular formula is C26H20ClNO6. The molecule has 0 aliphatic rings. The van der Waals surface area contributed by atoms with Crippen molar-refractivity contribution in [3.05, 3.63) is 93.1 Å². The van der Waals surface area contributed by atoms with Crippen molar-refractivity contribution in [1.82, 2.24) is 0 Å². The number of carbonyl (C=O) groups is 2. The fourth-order valence-corrected chi connectivity index (χ4v) is 3.68. The van der Waals surface area contributed by atoms with Crippen molar-refractivity contribution in [1.29, 1.82) is 0 Å². The number of rotatable bonds is 6. The van der Waals surface area contributed by atoms with E-state index in [0.29, 0.717) is 33.3 Å². The normalized spacial score (nSPS) is 10.7. The van der Waals surface area contributed by atoms with Gasteiger partial charge < -0.3 is 19.2 Å². The van der Waals surface area contributed by atoms with Gasteiger partial charge in [0.15, 0.2) is 17.6 Å². The lowest BCUT2D eigenvalue weighted by molar-refractivity contribution is -0.119. The first-order chi connectivity index (χ1) is 16.4. The van der Waals surface area contributed by atoms with E-state index in [9.17, 15) is 14.4 Å². The standard InChI is InChI=1S/C26H20ClNO6/c1-15-23(30)18-9-6-10-19(25(18)34-24(15)16-7-4-3-5-8-16)26(31)33-14-22(29)28-20-13-17(27)11-12-21(20)32-2/h3-13H,14H2,1-2H3,(H,28,29). The van der Waals surface area contributed by atoms with Gasteiger partial charge in [0.05, 0.1) is 18.2 Å². The predicted molar refractivity (Wildman–Crippen MR) is 130 cm³/mol. The molecule has 1 heterocycles. The number of hydrogen-bond donors (Lipinski definition) is 1. The molecule has 0 bridgehead atoms. The second kappa shape index (κ2) is 9.80. The Morgan fingerprint density at radius 2 is 1.79 bits per heavy atom. The van der Waals surface area contributed by atoms with Crippen LogP contribution in [-0.4, -0.2) is 25.6 Å². The SMILES string of the molecule is COc1ccc(Cl)cc1NC(=O)COC(=O)c1cccc2c(=O)c(C)c(-c3ccccc3)oc12. The number of ether oxygens (including phenoxy) is 2. The lowest BCUT2D eigenvalue weighted by Gasteiger charge is -2.12. The highest BCUT2D eigenvalue weighted by molar-refractivity contribution is 6.31. The fourth-order valence-electron chi connectivity index (χ4n) is 3.51. The van der Waals surface area contributed by atoms with E-state index >= 15 is 0 Å². The minimum atomic E-state index is -0.801. The van der Waals surface area contributed by atoms with Crippen LogP contribution in [0.1, 0.15) is 15.9 Å². The van der Waals surface area contributed by atoms with E-state index in [1.807, 2.05) is 30.3 Å². The van der Waals surface area contributed by atoms with Gasteiger partial charge in [-0.1, -0.05) is 48.0 Å². The molecule has 0 fully saturated rings. The van der Waals surface area contributed by atoms with Gasteiger partial charge >= 0.3 is 5.97 Å². The van der Waals surface area contributed by atoms with Crippen LogP contribution in [0.5, 0.6) is 5.75 Å². The van der Waals surface area contributed by atoms with Gasteiger partial charge in [-0.25, -0.2) is 4.79 Å². The van der Waals surface area contributed by atoms with E-state index in [4.69, 9.17) is 25.5 Å². The molecule has 4 aromatic rings. The molecule has 172 valence electrons. The van der Waals surface area contributed by atoms with Gasteiger partial charge in [-0.3, -0.25) is 9.59 Å². The fraction of sp³-hybridized carbons (Fsp3) is 0.115. The Morgan fingerprint density at radius 1 is 1.03 bits per heavy atom. The maximum atomic E-state index is 13.0. The summed E-state index contributed by atoms with van der Waals surface area (Å²) in [4.78, 5) is 38.2. The molecule has 0 spiro atoms. The summed E-state index contributed by atoms with van der Waals surface area (Å²) >= 11 is 5.97. The van der Waals surface area contributed by atoms with E-state index < -0.39 is 18.5 Å². The Morgan fingerprint density at radius 3 is 2.53 bits per heavy atom. The van der Waals surface area contributed by atoms with E-state index in [1.54, 1.807) is 31.2 Å². The molecule has 0 aliphatic heterocycles. The summed E-state index contributed by atoms with van der Waals surface area (Å²) in [6.45, 7) is 1.11. The highest BCUT2D eigenvalue weighted by atomic mass is 35.5. The Bertz CT molecular complexity index is 1450. The number of nitrogens with one attached hydrogen (secondary N) is 1. The van der Waals surface area contributed by atoms with Crippen molar-refractivity contribution in [2.75, 3.05) is 19.0 Å². The zero-order chi connectivity index (χ0) is 24.2. The molecule has 8 heteroatoms. The Kier molecular flexibility index (Phi) is 6.65. The van der Waals surface area contributed by atoms with Gasteiger partial charge in [0, 0.05) is 16.1 Å². The molecule has 1 N–H and O–H groups in total. The first-order valence-electron chi connectivity index (χ1n) is 10.3. The van der Waals surface area contributed by atoms with Gasteiger partial charge in [0.25, 0.3) is 5.91 Å². The molecule has 1 amide bonds. The molecule has 0 saturated heterocycles.